The Kier molecular flexibility index (Phi) is 7.40. The fourth-order valence-electron chi connectivity index (χ4n) is 4.79. The first-order chi connectivity index (χ1) is 17.9. The number of halogens is 4. The van der Waals surface area contributed by atoms with Gasteiger partial charge in [0.2, 0.25) is 0 Å². The van der Waals surface area contributed by atoms with Crippen LogP contribution in [0.3, 0.4) is 0 Å². The molecule has 2 aromatic carbocycles. The molecule has 3 atom stereocenters. The Morgan fingerprint density at radius 1 is 1.26 bits per heavy atom. The number of aromatic nitrogens is 3. The van der Waals surface area contributed by atoms with E-state index in [0.29, 0.717) is 11.6 Å². The van der Waals surface area contributed by atoms with Crippen LogP contribution in [-0.4, -0.2) is 49.4 Å². The van der Waals surface area contributed by atoms with Crippen molar-refractivity contribution in [3.8, 4) is 11.4 Å². The van der Waals surface area contributed by atoms with Crippen LogP contribution in [-0.2, 0) is 17.4 Å². The van der Waals surface area contributed by atoms with Crippen LogP contribution in [0.1, 0.15) is 30.0 Å². The lowest BCUT2D eigenvalue weighted by atomic mass is 9.83. The molecule has 2 heterocycles. The number of nitrogens with zero attached hydrogens (tertiary/aromatic N) is 3. The highest BCUT2D eigenvalue weighted by Gasteiger charge is 2.40. The van der Waals surface area contributed by atoms with Crippen LogP contribution in [0.4, 0.5) is 23.7 Å². The van der Waals surface area contributed by atoms with Crippen LogP contribution in [0.15, 0.2) is 47.3 Å². The highest BCUT2D eigenvalue weighted by molar-refractivity contribution is 6.33. The summed E-state index contributed by atoms with van der Waals surface area (Å²) >= 11 is 5.89. The number of aliphatic carboxylic acids is 1. The number of amides is 1. The number of nitrogens with one attached hydrogen (secondary N) is 1. The second-order valence-corrected chi connectivity index (χ2v) is 9.39. The zero-order chi connectivity index (χ0) is 27.8. The van der Waals surface area contributed by atoms with E-state index in [0.717, 1.165) is 15.6 Å². The number of alkyl halides is 3. The summed E-state index contributed by atoms with van der Waals surface area (Å²) in [6, 6.07) is 8.68. The predicted molar refractivity (Wildman–Crippen MR) is 128 cm³/mol. The average Bonchev–Trinajstić information content (AvgIpc) is 3.25. The molecule has 202 valence electrons. The number of anilines is 1. The second kappa shape index (κ2) is 10.4. The van der Waals surface area contributed by atoms with Gasteiger partial charge in [-0.05, 0) is 37.0 Å². The minimum atomic E-state index is -4.84. The van der Waals surface area contributed by atoms with Crippen LogP contribution < -0.4 is 16.5 Å². The summed E-state index contributed by atoms with van der Waals surface area (Å²) in [5.74, 6) is -2.65. The molecule has 1 amide bonds. The molecule has 2 unspecified atom stereocenters. The molecular formula is C24H22ClF3N5O5-. The first-order valence-corrected chi connectivity index (χ1v) is 11.8. The molecule has 0 aliphatic carbocycles. The molecule has 1 aliphatic heterocycles. The maximum atomic E-state index is 13.4. The number of carbonyl (C=O) groups is 2. The van der Waals surface area contributed by atoms with Gasteiger partial charge in [-0.25, -0.2) is 9.48 Å². The Balaban J connectivity index is 1.67. The first-order valence-electron chi connectivity index (χ1n) is 11.5. The van der Waals surface area contributed by atoms with Crippen molar-refractivity contribution in [2.45, 2.75) is 37.5 Å². The second-order valence-electron chi connectivity index (χ2n) is 8.98. The summed E-state index contributed by atoms with van der Waals surface area (Å²) in [5.41, 5.74) is 3.52. The number of carbonyl (C=O) groups excluding carboxylic acids is 1. The van der Waals surface area contributed by atoms with E-state index in [9.17, 15) is 37.8 Å². The van der Waals surface area contributed by atoms with Crippen LogP contribution in [0.2, 0.25) is 5.02 Å². The lowest BCUT2D eigenvalue weighted by molar-refractivity contribution is -0.270. The first kappa shape index (κ1) is 27.0. The van der Waals surface area contributed by atoms with Gasteiger partial charge in [-0.2, -0.15) is 13.2 Å². The summed E-state index contributed by atoms with van der Waals surface area (Å²) in [5, 5.41) is 25.8. The minimum Gasteiger partial charge on any atom is -0.530 e. The van der Waals surface area contributed by atoms with Gasteiger partial charge in [0.05, 0.1) is 28.2 Å². The fourth-order valence-corrected chi connectivity index (χ4v) is 5.03. The Labute approximate surface area is 218 Å². The third kappa shape index (κ3) is 5.47. The lowest BCUT2D eigenvalue weighted by Gasteiger charge is -2.43. The number of piperidine rings is 1. The molecule has 0 bridgehead atoms. The van der Waals surface area contributed by atoms with Gasteiger partial charge in [-0.1, -0.05) is 41.9 Å². The van der Waals surface area contributed by atoms with Gasteiger partial charge >= 0.3 is 17.8 Å². The van der Waals surface area contributed by atoms with Crippen molar-refractivity contribution in [2.24, 2.45) is 5.92 Å². The molecule has 4 N–H and O–H groups in total. The zero-order valence-electron chi connectivity index (χ0n) is 19.6. The number of carboxylic acids is 1. The lowest BCUT2D eigenvalue weighted by Crippen LogP contribution is -2.56. The molecule has 1 saturated heterocycles. The van der Waals surface area contributed by atoms with Gasteiger partial charge in [-0.3, -0.25) is 9.78 Å². The molecule has 10 nitrogen and oxygen atoms in total. The molecule has 1 aromatic heterocycles. The summed E-state index contributed by atoms with van der Waals surface area (Å²) in [6.45, 7) is -0.169. The van der Waals surface area contributed by atoms with E-state index >= 15 is 0 Å². The van der Waals surface area contributed by atoms with E-state index in [1.165, 1.54) is 0 Å². The van der Waals surface area contributed by atoms with Gasteiger partial charge in [0.1, 0.15) is 6.09 Å². The highest BCUT2D eigenvalue weighted by Crippen LogP contribution is 2.39. The summed E-state index contributed by atoms with van der Waals surface area (Å²) in [7, 11) is 0. The minimum absolute atomic E-state index is 0.0901. The molecule has 4 rings (SSSR count). The highest BCUT2D eigenvalue weighted by atomic mass is 35.5. The number of nitrogen functional groups attached to an aromatic ring is 1. The molecular weight excluding hydrogens is 531 g/mol. The van der Waals surface area contributed by atoms with Crippen LogP contribution in [0.5, 0.6) is 0 Å². The van der Waals surface area contributed by atoms with E-state index in [1.807, 2.05) is 0 Å². The molecule has 3 aromatic rings. The Morgan fingerprint density at radius 3 is 2.55 bits per heavy atom. The van der Waals surface area contributed by atoms with Crippen molar-refractivity contribution in [1.82, 2.24) is 19.7 Å². The Bertz CT molecular complexity index is 1410. The largest absolute Gasteiger partial charge is 0.530 e. The van der Waals surface area contributed by atoms with E-state index in [2.05, 4.69) is 10.1 Å². The molecule has 38 heavy (non-hydrogen) atoms. The monoisotopic (exact) mass is 552 g/mol. The maximum Gasteiger partial charge on any atom is 0.418 e. The topological polar surface area (TPSA) is 157 Å². The fraction of sp³-hybridized carbons (Fsp3) is 0.333. The van der Waals surface area contributed by atoms with Crippen molar-refractivity contribution < 1.29 is 33.0 Å². The van der Waals surface area contributed by atoms with Crippen molar-refractivity contribution in [2.75, 3.05) is 12.3 Å². The third-order valence-corrected chi connectivity index (χ3v) is 6.93. The van der Waals surface area contributed by atoms with Crippen molar-refractivity contribution in [3.05, 3.63) is 69.1 Å². The van der Waals surface area contributed by atoms with Crippen LogP contribution >= 0.6 is 11.6 Å². The molecule has 1 aliphatic rings. The molecule has 0 spiro atoms. The maximum absolute atomic E-state index is 13.4. The summed E-state index contributed by atoms with van der Waals surface area (Å²) < 4.78 is 41.5. The number of benzene rings is 2. The number of aromatic amines is 1. The van der Waals surface area contributed by atoms with Crippen molar-refractivity contribution in [1.29, 1.82) is 0 Å². The van der Waals surface area contributed by atoms with Gasteiger partial charge in [0, 0.05) is 18.2 Å². The van der Waals surface area contributed by atoms with Gasteiger partial charge in [0.25, 0.3) is 0 Å². The average molecular weight is 553 g/mol. The molecule has 0 radical (unpaired) electrons. The van der Waals surface area contributed by atoms with Gasteiger partial charge < -0.3 is 25.6 Å². The van der Waals surface area contributed by atoms with Crippen LogP contribution in [0, 0.1) is 5.92 Å². The van der Waals surface area contributed by atoms with Gasteiger partial charge in [0.15, 0.2) is 5.82 Å². The van der Waals surface area contributed by atoms with E-state index in [1.54, 1.807) is 30.3 Å². The third-order valence-electron chi connectivity index (χ3n) is 6.62. The number of rotatable bonds is 6. The normalized spacial score (nSPS) is 18.8. The Hall–Kier alpha value is -4.00. The van der Waals surface area contributed by atoms with E-state index in [-0.39, 0.29) is 30.8 Å². The molecule has 14 heteroatoms. The van der Waals surface area contributed by atoms with E-state index < -0.39 is 64.6 Å². The number of likely N-dealkylation sites (tertiary alicyclic amines) is 1. The summed E-state index contributed by atoms with van der Waals surface area (Å²) in [4.78, 5) is 40.3. The molecule has 0 saturated carbocycles. The van der Waals surface area contributed by atoms with Gasteiger partial charge in [-0.15, -0.1) is 5.10 Å². The number of H-pyrrole nitrogens is 1. The zero-order valence-corrected chi connectivity index (χ0v) is 20.4. The number of hydrogen-bond donors (Lipinski definition) is 3. The van der Waals surface area contributed by atoms with Crippen molar-refractivity contribution in [3.63, 3.8) is 0 Å². The summed E-state index contributed by atoms with van der Waals surface area (Å²) in [6.07, 6.45) is -6.96. The number of nitrogens with two attached hydrogens (primary N) is 1. The quantitative estimate of drug-likeness (QED) is 0.397. The van der Waals surface area contributed by atoms with Crippen molar-refractivity contribution >= 4 is 29.4 Å². The number of hydrogen-bond acceptors (Lipinski definition) is 6. The molecule has 1 fully saturated rings. The SMILES string of the molecule is Nc1c(Cl)cc(CC(C(=O)O)[C@H]2CC(n3nc(-c4ccccc4)[nH]c3=O)CCN2C(=O)[O-])cc1C(F)(F)F. The smallest absolute Gasteiger partial charge is 0.418 e. The van der Waals surface area contributed by atoms with E-state index in [4.69, 9.17) is 17.3 Å². The number of carboxylic acid groups (broad SMARTS) is 2. The predicted octanol–water partition coefficient (Wildman–Crippen LogP) is 2.79. The Morgan fingerprint density at radius 2 is 1.95 bits per heavy atom. The van der Waals surface area contributed by atoms with Crippen LogP contribution in [0.25, 0.3) is 11.4 Å². The standard InChI is InChI=1S/C24H23ClF3N5O5/c25-17-10-12(9-16(19(17)29)24(26,27)28)8-15(21(34)35)18-11-14(6-7-32(18)23(37)38)33-22(36)30-20(31-33)13-4-2-1-3-5-13/h1-5,9-10,14-15,18H,6-8,11,29H2,(H,34,35)(H,37,38)(H,30,31,36)/p-1/t14?,15?,18-/m1/s1.